The SMILES string of the molecule is O=[N+]([O-])c1cccc2c(Nc3ccc(C(F)(F)F)cc3F)ncnc12. The van der Waals surface area contributed by atoms with Crippen LogP contribution in [0.4, 0.5) is 34.8 Å². The molecule has 0 saturated heterocycles. The molecule has 1 heterocycles. The minimum Gasteiger partial charge on any atom is -0.337 e. The van der Waals surface area contributed by atoms with E-state index >= 15 is 0 Å². The summed E-state index contributed by atoms with van der Waals surface area (Å²) in [4.78, 5) is 18.1. The van der Waals surface area contributed by atoms with E-state index in [1.165, 1.54) is 18.2 Å². The molecule has 0 unspecified atom stereocenters. The number of hydrogen-bond donors (Lipinski definition) is 1. The van der Waals surface area contributed by atoms with Crippen LogP contribution in [0.2, 0.25) is 0 Å². The molecule has 0 aliphatic heterocycles. The van der Waals surface area contributed by atoms with Gasteiger partial charge in [-0.2, -0.15) is 13.2 Å². The zero-order chi connectivity index (χ0) is 18.2. The van der Waals surface area contributed by atoms with Crippen LogP contribution in [0.25, 0.3) is 10.9 Å². The number of halogens is 4. The van der Waals surface area contributed by atoms with E-state index in [9.17, 15) is 27.7 Å². The van der Waals surface area contributed by atoms with Crippen LogP contribution in [0.15, 0.2) is 42.7 Å². The highest BCUT2D eigenvalue weighted by molar-refractivity contribution is 5.95. The minimum absolute atomic E-state index is 0.0253. The van der Waals surface area contributed by atoms with Crippen molar-refractivity contribution >= 4 is 28.1 Å². The Labute approximate surface area is 137 Å². The molecule has 0 atom stereocenters. The Morgan fingerprint density at radius 2 is 1.88 bits per heavy atom. The van der Waals surface area contributed by atoms with Crippen molar-refractivity contribution in [2.75, 3.05) is 5.32 Å². The molecule has 2 aromatic carbocycles. The van der Waals surface area contributed by atoms with Gasteiger partial charge in [-0.15, -0.1) is 0 Å². The molecular weight excluding hydrogens is 344 g/mol. The summed E-state index contributed by atoms with van der Waals surface area (Å²) < 4.78 is 51.7. The first kappa shape index (κ1) is 16.6. The quantitative estimate of drug-likeness (QED) is 0.428. The number of rotatable bonds is 3. The third-order valence-electron chi connectivity index (χ3n) is 3.39. The van der Waals surface area contributed by atoms with Crippen LogP contribution in [0.1, 0.15) is 5.56 Å². The van der Waals surface area contributed by atoms with E-state index in [2.05, 4.69) is 15.3 Å². The molecule has 0 radical (unpaired) electrons. The molecule has 3 rings (SSSR count). The molecule has 128 valence electrons. The van der Waals surface area contributed by atoms with Crippen molar-refractivity contribution in [3.8, 4) is 0 Å². The lowest BCUT2D eigenvalue weighted by Gasteiger charge is -2.11. The number of benzene rings is 2. The Morgan fingerprint density at radius 1 is 1.12 bits per heavy atom. The topological polar surface area (TPSA) is 81.0 Å². The predicted molar refractivity (Wildman–Crippen MR) is 80.9 cm³/mol. The van der Waals surface area contributed by atoms with Gasteiger partial charge in [0.25, 0.3) is 5.69 Å². The van der Waals surface area contributed by atoms with Gasteiger partial charge in [0.05, 0.1) is 21.6 Å². The van der Waals surface area contributed by atoms with Crippen LogP contribution < -0.4 is 5.32 Å². The second-order valence-electron chi connectivity index (χ2n) is 4.97. The van der Waals surface area contributed by atoms with Gasteiger partial charge in [-0.1, -0.05) is 6.07 Å². The monoisotopic (exact) mass is 352 g/mol. The van der Waals surface area contributed by atoms with Crippen molar-refractivity contribution in [3.63, 3.8) is 0 Å². The average molecular weight is 352 g/mol. The van der Waals surface area contributed by atoms with Gasteiger partial charge in [0.1, 0.15) is 18.0 Å². The Morgan fingerprint density at radius 3 is 2.52 bits per heavy atom. The summed E-state index contributed by atoms with van der Waals surface area (Å²) in [5, 5.41) is 13.8. The van der Waals surface area contributed by atoms with Gasteiger partial charge in [-0.25, -0.2) is 14.4 Å². The van der Waals surface area contributed by atoms with Gasteiger partial charge in [-0.05, 0) is 24.3 Å². The fraction of sp³-hybridized carbons (Fsp3) is 0.0667. The normalized spacial score (nSPS) is 11.5. The number of aromatic nitrogens is 2. The van der Waals surface area contributed by atoms with E-state index < -0.39 is 22.5 Å². The Balaban J connectivity index is 2.05. The largest absolute Gasteiger partial charge is 0.416 e. The Bertz CT molecular complexity index is 975. The summed E-state index contributed by atoms with van der Waals surface area (Å²) in [6.07, 6.45) is -3.62. The summed E-state index contributed by atoms with van der Waals surface area (Å²) in [6, 6.07) is 6.12. The van der Waals surface area contributed by atoms with E-state index in [4.69, 9.17) is 0 Å². The average Bonchev–Trinajstić information content (AvgIpc) is 2.55. The zero-order valence-electron chi connectivity index (χ0n) is 12.2. The molecule has 0 aliphatic rings. The van der Waals surface area contributed by atoms with Crippen molar-refractivity contribution in [1.29, 1.82) is 0 Å². The number of nitro groups is 1. The number of alkyl halides is 3. The fourth-order valence-electron chi connectivity index (χ4n) is 2.24. The van der Waals surface area contributed by atoms with E-state index in [1.807, 2.05) is 0 Å². The zero-order valence-corrected chi connectivity index (χ0v) is 12.2. The predicted octanol–water partition coefficient (Wildman–Crippen LogP) is 4.44. The van der Waals surface area contributed by atoms with Crippen molar-refractivity contribution in [2.45, 2.75) is 6.18 Å². The third-order valence-corrected chi connectivity index (χ3v) is 3.39. The van der Waals surface area contributed by atoms with Crippen LogP contribution in [0.3, 0.4) is 0 Å². The lowest BCUT2D eigenvalue weighted by molar-refractivity contribution is -0.383. The molecule has 10 heteroatoms. The van der Waals surface area contributed by atoms with E-state index in [0.29, 0.717) is 6.07 Å². The number of non-ortho nitro benzene ring substituents is 1. The highest BCUT2D eigenvalue weighted by atomic mass is 19.4. The van der Waals surface area contributed by atoms with Gasteiger partial charge in [-0.3, -0.25) is 10.1 Å². The van der Waals surface area contributed by atoms with Crippen LogP contribution in [-0.2, 0) is 6.18 Å². The first-order chi connectivity index (χ1) is 11.8. The van der Waals surface area contributed by atoms with Gasteiger partial charge >= 0.3 is 6.18 Å². The summed E-state index contributed by atoms with van der Waals surface area (Å²) in [5.41, 5.74) is -1.62. The van der Waals surface area contributed by atoms with Crippen LogP contribution in [0, 0.1) is 15.9 Å². The Hall–Kier alpha value is -3.30. The summed E-state index contributed by atoms with van der Waals surface area (Å²) >= 11 is 0. The van der Waals surface area contributed by atoms with E-state index in [0.717, 1.165) is 18.5 Å². The lowest BCUT2D eigenvalue weighted by Crippen LogP contribution is -2.06. The molecule has 0 bridgehead atoms. The van der Waals surface area contributed by atoms with Crippen molar-refractivity contribution < 1.29 is 22.5 Å². The fourth-order valence-corrected chi connectivity index (χ4v) is 2.24. The minimum atomic E-state index is -4.67. The Kier molecular flexibility index (Phi) is 3.95. The molecule has 6 nitrogen and oxygen atoms in total. The number of nitro benzene ring substituents is 1. The first-order valence-electron chi connectivity index (χ1n) is 6.79. The maximum atomic E-state index is 14.0. The van der Waals surface area contributed by atoms with Crippen LogP contribution in [-0.4, -0.2) is 14.9 Å². The number of hydrogen-bond acceptors (Lipinski definition) is 5. The maximum Gasteiger partial charge on any atom is 0.416 e. The smallest absolute Gasteiger partial charge is 0.337 e. The molecule has 0 aliphatic carbocycles. The first-order valence-corrected chi connectivity index (χ1v) is 6.79. The molecular formula is C15H8F4N4O2. The third kappa shape index (κ3) is 3.18. The van der Waals surface area contributed by atoms with Gasteiger partial charge < -0.3 is 5.32 Å². The van der Waals surface area contributed by atoms with Crippen LogP contribution in [0.5, 0.6) is 0 Å². The van der Waals surface area contributed by atoms with Crippen LogP contribution >= 0.6 is 0 Å². The highest BCUT2D eigenvalue weighted by Gasteiger charge is 2.31. The van der Waals surface area contributed by atoms with Crippen molar-refractivity contribution in [2.24, 2.45) is 0 Å². The number of para-hydroxylation sites is 1. The summed E-state index contributed by atoms with van der Waals surface area (Å²) in [6.45, 7) is 0. The molecule has 0 amide bonds. The van der Waals surface area contributed by atoms with Gasteiger partial charge in [0, 0.05) is 6.07 Å². The number of nitrogens with zero attached hydrogens (tertiary/aromatic N) is 3. The number of anilines is 2. The molecule has 0 fully saturated rings. The summed E-state index contributed by atoms with van der Waals surface area (Å²) in [7, 11) is 0. The molecule has 1 N–H and O–H groups in total. The number of nitrogens with one attached hydrogen (secondary N) is 1. The van der Waals surface area contributed by atoms with E-state index in [1.54, 1.807) is 0 Å². The maximum absolute atomic E-state index is 14.0. The van der Waals surface area contributed by atoms with Gasteiger partial charge in [0.2, 0.25) is 0 Å². The molecule has 25 heavy (non-hydrogen) atoms. The van der Waals surface area contributed by atoms with Crippen molar-refractivity contribution in [1.82, 2.24) is 9.97 Å². The molecule has 1 aromatic heterocycles. The summed E-state index contributed by atoms with van der Waals surface area (Å²) in [5.74, 6) is -1.10. The highest BCUT2D eigenvalue weighted by Crippen LogP contribution is 2.33. The van der Waals surface area contributed by atoms with Gasteiger partial charge in [0.15, 0.2) is 5.52 Å². The standard InChI is InChI=1S/C15H8F4N4O2/c16-10-6-8(15(17,18)19)4-5-11(10)22-14-9-2-1-3-12(23(24)25)13(9)20-7-21-14/h1-7H,(H,20,21,22). The second-order valence-corrected chi connectivity index (χ2v) is 4.97. The van der Waals surface area contributed by atoms with Crippen molar-refractivity contribution in [3.05, 3.63) is 64.2 Å². The number of fused-ring (bicyclic) bond motifs is 1. The molecule has 0 spiro atoms. The molecule has 3 aromatic rings. The second kappa shape index (κ2) is 5.96. The lowest BCUT2D eigenvalue weighted by atomic mass is 10.1. The molecule has 0 saturated carbocycles. The van der Waals surface area contributed by atoms with E-state index in [-0.39, 0.29) is 28.1 Å².